The molecule has 2 heterocycles. The molecule has 5 nitrogen and oxygen atoms in total. The number of oxazole rings is 1. The summed E-state index contributed by atoms with van der Waals surface area (Å²) in [5.41, 5.74) is 1.43. The number of piperazine rings is 1. The highest BCUT2D eigenvalue weighted by Crippen LogP contribution is 2.27. The van der Waals surface area contributed by atoms with E-state index in [0.717, 1.165) is 0 Å². The third-order valence-corrected chi connectivity index (χ3v) is 2.86. The summed E-state index contributed by atoms with van der Waals surface area (Å²) in [5.74, 6) is -0.944. The molecule has 0 saturated carbocycles. The molecule has 1 fully saturated rings. The van der Waals surface area contributed by atoms with Crippen LogP contribution in [0.1, 0.15) is 0 Å². The number of H-pyrrole nitrogens is 1. The molecule has 0 bridgehead atoms. The van der Waals surface area contributed by atoms with Crippen molar-refractivity contribution in [1.29, 1.82) is 0 Å². The molecule has 2 aromatic rings. The third kappa shape index (κ3) is 1.80. The van der Waals surface area contributed by atoms with Crippen LogP contribution in [-0.2, 0) is 0 Å². The van der Waals surface area contributed by atoms with Gasteiger partial charge in [0.2, 0.25) is 0 Å². The predicted molar refractivity (Wildman–Crippen MR) is 62.1 cm³/mol. The van der Waals surface area contributed by atoms with Crippen LogP contribution in [0.5, 0.6) is 0 Å². The highest BCUT2D eigenvalue weighted by Gasteiger charge is 2.15. The highest BCUT2D eigenvalue weighted by atomic mass is 19.1. The van der Waals surface area contributed by atoms with Gasteiger partial charge in [-0.2, -0.15) is 0 Å². The number of nitrogens with zero attached hydrogens (tertiary/aromatic N) is 2. The SMILES string of the molecule is O=c1[nH]c2cc(F)cc(N3CC[N-]CC3)c2o1. The van der Waals surface area contributed by atoms with Crippen LogP contribution < -0.4 is 10.7 Å². The van der Waals surface area contributed by atoms with Crippen molar-refractivity contribution in [3.63, 3.8) is 0 Å². The number of hydrogen-bond donors (Lipinski definition) is 1. The summed E-state index contributed by atoms with van der Waals surface area (Å²) in [7, 11) is 0. The van der Waals surface area contributed by atoms with E-state index in [9.17, 15) is 9.18 Å². The van der Waals surface area contributed by atoms with Crippen LogP contribution in [0, 0.1) is 5.82 Å². The van der Waals surface area contributed by atoms with Gasteiger partial charge in [0.05, 0.1) is 11.2 Å². The molecule has 17 heavy (non-hydrogen) atoms. The number of halogens is 1. The van der Waals surface area contributed by atoms with Crippen molar-refractivity contribution >= 4 is 16.8 Å². The van der Waals surface area contributed by atoms with Gasteiger partial charge in [-0.05, 0) is 13.1 Å². The number of benzene rings is 1. The van der Waals surface area contributed by atoms with Crippen molar-refractivity contribution in [1.82, 2.24) is 4.98 Å². The molecule has 1 saturated heterocycles. The number of nitrogens with one attached hydrogen (secondary N) is 1. The van der Waals surface area contributed by atoms with E-state index in [-0.39, 0.29) is 5.82 Å². The standard InChI is InChI=1S/C11H11FN3O2/c12-7-5-8-10(17-11(16)14-8)9(6-7)15-3-1-13-2-4-15/h5-6H,1-4H2,(H,14,16)/q-1. The van der Waals surface area contributed by atoms with Crippen LogP contribution in [-0.4, -0.2) is 31.2 Å². The number of aromatic amines is 1. The molecule has 0 aliphatic carbocycles. The zero-order chi connectivity index (χ0) is 11.8. The van der Waals surface area contributed by atoms with Crippen molar-refractivity contribution in [3.8, 4) is 0 Å². The number of hydrogen-bond acceptors (Lipinski definition) is 3. The van der Waals surface area contributed by atoms with Gasteiger partial charge >= 0.3 is 5.76 Å². The van der Waals surface area contributed by atoms with Crippen LogP contribution in [0.4, 0.5) is 10.1 Å². The Morgan fingerprint density at radius 2 is 2.12 bits per heavy atom. The number of aromatic nitrogens is 1. The van der Waals surface area contributed by atoms with Gasteiger partial charge in [0.25, 0.3) is 0 Å². The van der Waals surface area contributed by atoms with Gasteiger partial charge in [-0.3, -0.25) is 4.98 Å². The van der Waals surface area contributed by atoms with Crippen molar-refractivity contribution in [2.45, 2.75) is 0 Å². The van der Waals surface area contributed by atoms with Crippen molar-refractivity contribution in [3.05, 3.63) is 33.8 Å². The molecule has 3 rings (SSSR count). The number of fused-ring (bicyclic) bond motifs is 1. The fourth-order valence-electron chi connectivity index (χ4n) is 2.09. The van der Waals surface area contributed by atoms with Gasteiger partial charge in [-0.1, -0.05) is 0 Å². The minimum Gasteiger partial charge on any atom is -0.659 e. The highest BCUT2D eigenvalue weighted by molar-refractivity contribution is 5.86. The van der Waals surface area contributed by atoms with Crippen molar-refractivity contribution in [2.75, 3.05) is 31.1 Å². The molecular formula is C11H11FN3O2-. The zero-order valence-corrected chi connectivity index (χ0v) is 9.07. The van der Waals surface area contributed by atoms with Crippen LogP contribution in [0.3, 0.4) is 0 Å². The van der Waals surface area contributed by atoms with Gasteiger partial charge in [0, 0.05) is 12.1 Å². The maximum atomic E-state index is 13.4. The minimum absolute atomic E-state index is 0.382. The Bertz CT molecular complexity index is 598. The van der Waals surface area contributed by atoms with Crippen LogP contribution in [0.2, 0.25) is 0 Å². The van der Waals surface area contributed by atoms with Gasteiger partial charge < -0.3 is 14.6 Å². The first-order chi connectivity index (χ1) is 8.24. The maximum Gasteiger partial charge on any atom is 0.417 e. The van der Waals surface area contributed by atoms with E-state index < -0.39 is 5.76 Å². The molecule has 0 spiro atoms. The Kier molecular flexibility index (Phi) is 2.36. The molecule has 1 aliphatic heterocycles. The van der Waals surface area contributed by atoms with Gasteiger partial charge in [-0.25, -0.2) is 9.18 Å². The van der Waals surface area contributed by atoms with E-state index in [2.05, 4.69) is 10.3 Å². The lowest BCUT2D eigenvalue weighted by Gasteiger charge is -2.36. The van der Waals surface area contributed by atoms with E-state index in [1.165, 1.54) is 12.1 Å². The molecule has 1 aliphatic rings. The third-order valence-electron chi connectivity index (χ3n) is 2.86. The maximum absolute atomic E-state index is 13.4. The summed E-state index contributed by atoms with van der Waals surface area (Å²) < 4.78 is 18.5. The molecule has 1 aromatic carbocycles. The predicted octanol–water partition coefficient (Wildman–Crippen LogP) is 1.45. The van der Waals surface area contributed by atoms with Crippen molar-refractivity contribution in [2.24, 2.45) is 0 Å². The fraction of sp³-hybridized carbons (Fsp3) is 0.364. The lowest BCUT2D eigenvalue weighted by Crippen LogP contribution is -2.34. The molecule has 90 valence electrons. The molecular weight excluding hydrogens is 225 g/mol. The first-order valence-electron chi connectivity index (χ1n) is 5.44. The summed E-state index contributed by atoms with van der Waals surface area (Å²) >= 11 is 0. The monoisotopic (exact) mass is 236 g/mol. The average Bonchev–Trinajstić information content (AvgIpc) is 2.69. The topological polar surface area (TPSA) is 63.3 Å². The number of anilines is 1. The van der Waals surface area contributed by atoms with E-state index in [1.807, 2.05) is 4.90 Å². The van der Waals surface area contributed by atoms with Gasteiger partial charge in [-0.15, -0.1) is 13.1 Å². The second-order valence-electron chi connectivity index (χ2n) is 3.97. The molecule has 6 heteroatoms. The second kappa shape index (κ2) is 3.89. The Morgan fingerprint density at radius 3 is 2.88 bits per heavy atom. The smallest absolute Gasteiger partial charge is 0.417 e. The first kappa shape index (κ1) is 10.3. The van der Waals surface area contributed by atoms with Gasteiger partial charge in [0.15, 0.2) is 5.58 Å². The van der Waals surface area contributed by atoms with Gasteiger partial charge in [0.1, 0.15) is 5.82 Å². The summed E-state index contributed by atoms with van der Waals surface area (Å²) in [6.45, 7) is 2.86. The Morgan fingerprint density at radius 1 is 1.35 bits per heavy atom. The Hall–Kier alpha value is -1.82. The quantitative estimate of drug-likeness (QED) is 0.815. The van der Waals surface area contributed by atoms with E-state index in [4.69, 9.17) is 4.42 Å². The number of rotatable bonds is 1. The van der Waals surface area contributed by atoms with Crippen LogP contribution in [0.15, 0.2) is 21.3 Å². The lowest BCUT2D eigenvalue weighted by atomic mass is 10.2. The second-order valence-corrected chi connectivity index (χ2v) is 3.97. The summed E-state index contributed by atoms with van der Waals surface area (Å²) in [6.07, 6.45) is 0. The lowest BCUT2D eigenvalue weighted by molar-refractivity contribution is 0.553. The summed E-state index contributed by atoms with van der Waals surface area (Å²) in [6, 6.07) is 2.66. The molecule has 0 atom stereocenters. The first-order valence-corrected chi connectivity index (χ1v) is 5.44. The zero-order valence-electron chi connectivity index (χ0n) is 9.07. The minimum atomic E-state index is -0.562. The molecule has 0 radical (unpaired) electrons. The van der Waals surface area contributed by atoms with E-state index >= 15 is 0 Å². The average molecular weight is 236 g/mol. The van der Waals surface area contributed by atoms with Crippen molar-refractivity contribution < 1.29 is 8.81 Å². The normalized spacial score (nSPS) is 16.6. The fourth-order valence-corrected chi connectivity index (χ4v) is 2.09. The summed E-state index contributed by atoms with van der Waals surface area (Å²) in [4.78, 5) is 15.6. The Labute approximate surface area is 96.2 Å². The van der Waals surface area contributed by atoms with E-state index in [0.29, 0.717) is 43.0 Å². The molecule has 0 amide bonds. The largest absolute Gasteiger partial charge is 0.659 e. The van der Waals surface area contributed by atoms with Crippen LogP contribution >= 0.6 is 0 Å². The molecule has 1 N–H and O–H groups in total. The van der Waals surface area contributed by atoms with E-state index in [1.54, 1.807) is 0 Å². The summed E-state index contributed by atoms with van der Waals surface area (Å²) in [5, 5.41) is 4.22. The molecule has 0 unspecified atom stereocenters. The van der Waals surface area contributed by atoms with Crippen LogP contribution in [0.25, 0.3) is 16.4 Å². The molecule has 1 aromatic heterocycles. The Balaban J connectivity index is 2.15.